The van der Waals surface area contributed by atoms with Crippen LogP contribution in [-0.2, 0) is 9.53 Å². The maximum Gasteiger partial charge on any atom is 0.306 e. The van der Waals surface area contributed by atoms with Crippen molar-refractivity contribution in [3.8, 4) is 5.75 Å². The van der Waals surface area contributed by atoms with Crippen molar-refractivity contribution in [1.82, 2.24) is 0 Å². The van der Waals surface area contributed by atoms with Crippen LogP contribution in [0.1, 0.15) is 6.42 Å². The van der Waals surface area contributed by atoms with E-state index in [4.69, 9.17) is 10.5 Å². The van der Waals surface area contributed by atoms with E-state index < -0.39 is 0 Å². The van der Waals surface area contributed by atoms with Gasteiger partial charge in [-0.2, -0.15) is 11.8 Å². The van der Waals surface area contributed by atoms with Crippen molar-refractivity contribution in [1.29, 1.82) is 0 Å². The third kappa shape index (κ3) is 6.06. The van der Waals surface area contributed by atoms with Gasteiger partial charge in [-0.1, -0.05) is 6.07 Å². The van der Waals surface area contributed by atoms with E-state index in [0.29, 0.717) is 18.7 Å². The molecule has 0 spiro atoms. The molecular weight excluding hydrogens is 238 g/mol. The van der Waals surface area contributed by atoms with Gasteiger partial charge in [-0.3, -0.25) is 4.79 Å². The minimum Gasteiger partial charge on any atom is -0.493 e. The molecule has 0 unspecified atom stereocenters. The maximum atomic E-state index is 10.8. The van der Waals surface area contributed by atoms with E-state index in [1.54, 1.807) is 17.8 Å². The molecule has 0 aliphatic rings. The van der Waals surface area contributed by atoms with Gasteiger partial charge in [0.15, 0.2) is 0 Å². The number of hydrogen-bond acceptors (Lipinski definition) is 5. The lowest BCUT2D eigenvalue weighted by atomic mass is 10.3. The third-order valence-electron chi connectivity index (χ3n) is 2.03. The molecule has 2 N–H and O–H groups in total. The summed E-state index contributed by atoms with van der Waals surface area (Å²) in [6, 6.07) is 7.33. The predicted molar refractivity (Wildman–Crippen MR) is 70.3 cm³/mol. The molecule has 5 heteroatoms. The number of benzene rings is 1. The molecule has 0 amide bonds. The number of ether oxygens (including phenoxy) is 2. The van der Waals surface area contributed by atoms with Crippen LogP contribution in [0.2, 0.25) is 0 Å². The van der Waals surface area contributed by atoms with Crippen LogP contribution >= 0.6 is 11.8 Å². The van der Waals surface area contributed by atoms with Crippen molar-refractivity contribution in [3.63, 3.8) is 0 Å². The Morgan fingerprint density at radius 2 is 2.24 bits per heavy atom. The number of hydrogen-bond donors (Lipinski definition) is 1. The van der Waals surface area contributed by atoms with Gasteiger partial charge in [-0.25, -0.2) is 0 Å². The Hall–Kier alpha value is -1.36. The van der Waals surface area contributed by atoms with Gasteiger partial charge in [0.25, 0.3) is 0 Å². The van der Waals surface area contributed by atoms with Crippen molar-refractivity contribution in [2.75, 3.05) is 31.0 Å². The lowest BCUT2D eigenvalue weighted by Gasteiger charge is -2.06. The first kappa shape index (κ1) is 13.7. The first-order chi connectivity index (χ1) is 8.22. The van der Waals surface area contributed by atoms with Crippen molar-refractivity contribution < 1.29 is 14.3 Å². The van der Waals surface area contributed by atoms with Crippen molar-refractivity contribution in [2.45, 2.75) is 6.42 Å². The summed E-state index contributed by atoms with van der Waals surface area (Å²) in [5.74, 6) is 2.20. The molecule has 0 aliphatic heterocycles. The molecule has 0 atom stereocenters. The van der Waals surface area contributed by atoms with E-state index in [1.807, 2.05) is 18.2 Å². The second-order valence-corrected chi connectivity index (χ2v) is 4.58. The number of rotatable bonds is 7. The van der Waals surface area contributed by atoms with Crippen molar-refractivity contribution in [3.05, 3.63) is 24.3 Å². The van der Waals surface area contributed by atoms with Gasteiger partial charge < -0.3 is 15.2 Å². The van der Waals surface area contributed by atoms with Gasteiger partial charge in [-0.05, 0) is 12.1 Å². The fourth-order valence-corrected chi connectivity index (χ4v) is 1.90. The van der Waals surface area contributed by atoms with Crippen molar-refractivity contribution in [2.24, 2.45) is 0 Å². The SMILES string of the molecule is COC(=O)CCSCCOc1cccc(N)c1. The highest BCUT2D eigenvalue weighted by atomic mass is 32.2. The Labute approximate surface area is 105 Å². The van der Waals surface area contributed by atoms with Gasteiger partial charge in [0.05, 0.1) is 20.1 Å². The van der Waals surface area contributed by atoms with Crippen LogP contribution in [0.5, 0.6) is 5.75 Å². The van der Waals surface area contributed by atoms with Crippen LogP contribution in [0.3, 0.4) is 0 Å². The normalized spacial score (nSPS) is 9.94. The summed E-state index contributed by atoms with van der Waals surface area (Å²) >= 11 is 1.66. The van der Waals surface area contributed by atoms with E-state index in [-0.39, 0.29) is 5.97 Å². The molecule has 1 aromatic rings. The number of carbonyl (C=O) groups is 1. The van der Waals surface area contributed by atoms with Gasteiger partial charge in [0.2, 0.25) is 0 Å². The smallest absolute Gasteiger partial charge is 0.306 e. The summed E-state index contributed by atoms with van der Waals surface area (Å²) < 4.78 is 10.0. The summed E-state index contributed by atoms with van der Waals surface area (Å²) in [6.45, 7) is 0.606. The highest BCUT2D eigenvalue weighted by Crippen LogP contribution is 2.14. The highest BCUT2D eigenvalue weighted by Gasteiger charge is 1.99. The van der Waals surface area contributed by atoms with Gasteiger partial charge in [-0.15, -0.1) is 0 Å². The minimum atomic E-state index is -0.172. The minimum absolute atomic E-state index is 0.172. The number of thioether (sulfide) groups is 1. The van der Waals surface area contributed by atoms with E-state index in [2.05, 4.69) is 4.74 Å². The molecule has 0 fully saturated rings. The first-order valence-corrected chi connectivity index (χ1v) is 6.50. The number of nitrogens with two attached hydrogens (primary N) is 1. The van der Waals surface area contributed by atoms with E-state index in [9.17, 15) is 4.79 Å². The molecule has 1 aromatic carbocycles. The third-order valence-corrected chi connectivity index (χ3v) is 2.98. The zero-order chi connectivity index (χ0) is 12.5. The maximum absolute atomic E-state index is 10.8. The van der Waals surface area contributed by atoms with Crippen LogP contribution in [0.4, 0.5) is 5.69 Å². The average Bonchev–Trinajstić information content (AvgIpc) is 2.33. The van der Waals surface area contributed by atoms with Crippen LogP contribution in [-0.4, -0.2) is 31.2 Å². The van der Waals surface area contributed by atoms with Crippen LogP contribution < -0.4 is 10.5 Å². The molecule has 0 saturated carbocycles. The highest BCUT2D eigenvalue weighted by molar-refractivity contribution is 7.99. The molecular formula is C12H17NO3S. The number of nitrogen functional groups attached to an aromatic ring is 1. The van der Waals surface area contributed by atoms with E-state index in [0.717, 1.165) is 17.3 Å². The summed E-state index contributed by atoms with van der Waals surface area (Å²) in [5, 5.41) is 0. The lowest BCUT2D eigenvalue weighted by Crippen LogP contribution is -2.04. The number of anilines is 1. The standard InChI is InChI=1S/C12H17NO3S/c1-15-12(14)5-7-17-8-6-16-11-4-2-3-10(13)9-11/h2-4,9H,5-8,13H2,1H3. The topological polar surface area (TPSA) is 61.5 Å². The molecule has 0 heterocycles. The van der Waals surface area contributed by atoms with Gasteiger partial charge >= 0.3 is 5.97 Å². The zero-order valence-corrected chi connectivity index (χ0v) is 10.7. The summed E-state index contributed by atoms with van der Waals surface area (Å²) in [7, 11) is 1.40. The number of carbonyl (C=O) groups excluding carboxylic acids is 1. The van der Waals surface area contributed by atoms with Crippen molar-refractivity contribution >= 4 is 23.4 Å². The molecule has 0 aromatic heterocycles. The Bertz CT molecular complexity index is 357. The van der Waals surface area contributed by atoms with E-state index >= 15 is 0 Å². The molecule has 0 saturated heterocycles. The Morgan fingerprint density at radius 3 is 2.94 bits per heavy atom. The molecule has 17 heavy (non-hydrogen) atoms. The fraction of sp³-hybridized carbons (Fsp3) is 0.417. The molecule has 1 rings (SSSR count). The quantitative estimate of drug-likeness (QED) is 0.458. The average molecular weight is 255 g/mol. The molecule has 0 aliphatic carbocycles. The van der Waals surface area contributed by atoms with Crippen LogP contribution in [0, 0.1) is 0 Å². The summed E-state index contributed by atoms with van der Waals surface area (Å²) in [5.41, 5.74) is 6.32. The molecule has 4 nitrogen and oxygen atoms in total. The molecule has 94 valence electrons. The summed E-state index contributed by atoms with van der Waals surface area (Å²) in [4.78, 5) is 10.8. The first-order valence-electron chi connectivity index (χ1n) is 5.35. The Kier molecular flexibility index (Phi) is 6.32. The number of methoxy groups -OCH3 is 1. The second kappa shape index (κ2) is 7.84. The summed E-state index contributed by atoms with van der Waals surface area (Å²) in [6.07, 6.45) is 0.444. The molecule has 0 bridgehead atoms. The fourth-order valence-electron chi connectivity index (χ4n) is 1.18. The monoisotopic (exact) mass is 255 g/mol. The molecule has 0 radical (unpaired) electrons. The lowest BCUT2D eigenvalue weighted by molar-refractivity contribution is -0.140. The van der Waals surface area contributed by atoms with Crippen LogP contribution in [0.15, 0.2) is 24.3 Å². The Balaban J connectivity index is 2.06. The largest absolute Gasteiger partial charge is 0.493 e. The Morgan fingerprint density at radius 1 is 1.41 bits per heavy atom. The zero-order valence-electron chi connectivity index (χ0n) is 9.85. The second-order valence-electron chi connectivity index (χ2n) is 3.36. The van der Waals surface area contributed by atoms with Gasteiger partial charge in [0.1, 0.15) is 5.75 Å². The van der Waals surface area contributed by atoms with Crippen LogP contribution in [0.25, 0.3) is 0 Å². The van der Waals surface area contributed by atoms with E-state index in [1.165, 1.54) is 7.11 Å². The number of esters is 1. The van der Waals surface area contributed by atoms with Gasteiger partial charge in [0, 0.05) is 23.3 Å². The predicted octanol–water partition coefficient (Wildman–Crippen LogP) is 1.94.